The maximum atomic E-state index is 15.3. The Morgan fingerprint density at radius 2 is 0.510 bits per heavy atom. The van der Waals surface area contributed by atoms with Crippen molar-refractivity contribution in [3.8, 4) is 0 Å². The van der Waals surface area contributed by atoms with Crippen molar-refractivity contribution in [3.63, 3.8) is 0 Å². The highest BCUT2D eigenvalue weighted by Gasteiger charge is 2.46. The van der Waals surface area contributed by atoms with Crippen LogP contribution in [0.15, 0.2) is 48.5 Å². The molecule has 268 valence electrons. The topological polar surface area (TPSA) is 102 Å². The van der Waals surface area contributed by atoms with Crippen LogP contribution in [-0.2, 0) is 9.13 Å². The van der Waals surface area contributed by atoms with Gasteiger partial charge in [-0.25, -0.2) is 0 Å². The maximum absolute atomic E-state index is 15.3. The molecule has 4 rings (SSSR count). The summed E-state index contributed by atoms with van der Waals surface area (Å²) in [6.45, 7) is 21.7. The van der Waals surface area contributed by atoms with Gasteiger partial charge < -0.3 is 9.13 Å². The van der Waals surface area contributed by atoms with Crippen LogP contribution in [-0.4, -0.2) is 34.4 Å². The van der Waals surface area contributed by atoms with Crippen molar-refractivity contribution in [2.75, 3.05) is 12.3 Å². The lowest BCUT2D eigenvalue weighted by atomic mass is 10.0. The zero-order valence-electron chi connectivity index (χ0n) is 32.1. The number of carbonyl (C=O) groups is 4. The Hall–Kier alpha value is -3.98. The van der Waals surface area contributed by atoms with Crippen molar-refractivity contribution in [1.82, 2.24) is 0 Å². The van der Waals surface area contributed by atoms with E-state index in [-0.39, 0.29) is 28.7 Å². The minimum Gasteiger partial charge on any atom is -0.307 e. The van der Waals surface area contributed by atoms with Gasteiger partial charge in [0.05, 0.1) is 0 Å². The fourth-order valence-electron chi connectivity index (χ4n) is 7.90. The van der Waals surface area contributed by atoms with Crippen LogP contribution < -0.4 is 0 Å². The second-order valence-corrected chi connectivity index (χ2v) is 20.1. The lowest BCUT2D eigenvalue weighted by Crippen LogP contribution is -2.20. The summed E-state index contributed by atoms with van der Waals surface area (Å²) in [6.07, 6.45) is -1.09. The summed E-state index contributed by atoms with van der Waals surface area (Å²) in [4.78, 5) is 58.2. The fraction of sp³-hybridized carbons (Fsp3) is 0.349. The highest BCUT2D eigenvalue weighted by Crippen LogP contribution is 2.58. The second-order valence-electron chi connectivity index (χ2n) is 14.6. The Morgan fingerprint density at radius 3 is 0.667 bits per heavy atom. The van der Waals surface area contributed by atoms with Crippen molar-refractivity contribution in [2.24, 2.45) is 0 Å². The van der Waals surface area contributed by atoms with Crippen molar-refractivity contribution in [2.45, 2.75) is 89.5 Å². The predicted octanol–water partition coefficient (Wildman–Crippen LogP) is 11.2. The van der Waals surface area contributed by atoms with Gasteiger partial charge in [0.1, 0.15) is 0 Å². The van der Waals surface area contributed by atoms with Gasteiger partial charge in [0.25, 0.3) is 0 Å². The van der Waals surface area contributed by atoms with E-state index in [9.17, 15) is 19.2 Å². The van der Waals surface area contributed by atoms with Gasteiger partial charge in [0.2, 0.25) is 36.4 Å². The van der Waals surface area contributed by atoms with Crippen LogP contribution in [0.25, 0.3) is 0 Å². The standard InChI is InChI=1S/C43H50O6P2/c1-24-16-28(5)36(29(6)17-24)40(44)50(48,41(45)37-30(7)18-25(2)19-31(37)8)14-13-15-51(49,42(46)38-32(9)20-26(3)21-33(38)10)43(47)39-34(11)22-27(4)23-35(39)12/h16-23H,13-15H2,1-12H3. The van der Waals surface area contributed by atoms with Gasteiger partial charge in [-0.3, -0.25) is 19.2 Å². The van der Waals surface area contributed by atoms with Gasteiger partial charge in [-0.2, -0.15) is 0 Å². The van der Waals surface area contributed by atoms with Crippen LogP contribution >= 0.6 is 14.3 Å². The lowest BCUT2D eigenvalue weighted by Gasteiger charge is -2.23. The first kappa shape index (κ1) is 39.8. The SMILES string of the molecule is Cc1cc(C)c(C(=O)P(=O)(CCCP(=O)(C(=O)c2c(C)cc(C)cc2C)C(=O)c2c(C)cc(C)cc2C)C(=O)c2c(C)cc(C)cc2C)c(C)c1. The summed E-state index contributed by atoms with van der Waals surface area (Å²) in [5.74, 6) is 0. The van der Waals surface area contributed by atoms with E-state index < -0.39 is 48.7 Å². The third kappa shape index (κ3) is 7.64. The van der Waals surface area contributed by atoms with Gasteiger partial charge in [-0.05, 0) is 134 Å². The van der Waals surface area contributed by atoms with Crippen LogP contribution in [0.1, 0.15) is 115 Å². The molecule has 0 saturated carbocycles. The van der Waals surface area contributed by atoms with Crippen LogP contribution in [0, 0.1) is 83.1 Å². The third-order valence-corrected chi connectivity index (χ3v) is 15.2. The molecule has 4 aromatic rings. The lowest BCUT2D eigenvalue weighted by molar-refractivity contribution is 0.102. The molecule has 0 unspecified atom stereocenters. The first-order valence-corrected chi connectivity index (χ1v) is 21.1. The molecule has 0 radical (unpaired) electrons. The quantitative estimate of drug-likeness (QED) is 0.135. The molecule has 0 atom stereocenters. The summed E-state index contributed by atoms with van der Waals surface area (Å²) >= 11 is 0. The average Bonchev–Trinajstić information content (AvgIpc) is 2.98. The summed E-state index contributed by atoms with van der Waals surface area (Å²) in [5.41, 5.74) is 6.43. The van der Waals surface area contributed by atoms with Crippen molar-refractivity contribution >= 4 is 36.4 Å². The Morgan fingerprint density at radius 1 is 0.353 bits per heavy atom. The first-order valence-electron chi connectivity index (χ1n) is 17.3. The second kappa shape index (κ2) is 14.9. The minimum atomic E-state index is -4.45. The molecule has 0 aromatic heterocycles. The molecule has 4 aromatic carbocycles. The van der Waals surface area contributed by atoms with Gasteiger partial charge in [0.15, 0.2) is 0 Å². The molecule has 0 aliphatic rings. The highest BCUT2D eigenvalue weighted by atomic mass is 31.2. The summed E-state index contributed by atoms with van der Waals surface area (Å²) in [5, 5.41) is 0. The molecule has 0 heterocycles. The molecule has 8 heteroatoms. The van der Waals surface area contributed by atoms with E-state index in [4.69, 9.17) is 0 Å². The monoisotopic (exact) mass is 724 g/mol. The van der Waals surface area contributed by atoms with E-state index in [2.05, 4.69) is 0 Å². The van der Waals surface area contributed by atoms with Crippen molar-refractivity contribution < 1.29 is 28.3 Å². The zero-order valence-corrected chi connectivity index (χ0v) is 33.9. The molecular formula is C43H50O6P2. The van der Waals surface area contributed by atoms with E-state index in [0.717, 1.165) is 22.3 Å². The minimum absolute atomic E-state index is 0.217. The van der Waals surface area contributed by atoms with E-state index in [1.807, 2.05) is 76.2 Å². The molecule has 6 nitrogen and oxygen atoms in total. The Balaban J connectivity index is 1.89. The summed E-state index contributed by atoms with van der Waals surface area (Å²) in [6, 6.07) is 14.6. The smallest absolute Gasteiger partial charge is 0.229 e. The Kier molecular flexibility index (Phi) is 11.7. The van der Waals surface area contributed by atoms with Crippen LogP contribution in [0.5, 0.6) is 0 Å². The van der Waals surface area contributed by atoms with Crippen molar-refractivity contribution in [1.29, 1.82) is 0 Å². The largest absolute Gasteiger partial charge is 0.307 e. The molecule has 0 spiro atoms. The number of rotatable bonds is 12. The molecule has 0 amide bonds. The number of hydrogen-bond acceptors (Lipinski definition) is 6. The van der Waals surface area contributed by atoms with E-state index in [1.165, 1.54) is 0 Å². The van der Waals surface area contributed by atoms with Gasteiger partial charge in [0, 0.05) is 34.6 Å². The van der Waals surface area contributed by atoms with Gasteiger partial charge >= 0.3 is 0 Å². The molecule has 0 bridgehead atoms. The first-order chi connectivity index (χ1) is 23.6. The zero-order chi connectivity index (χ0) is 38.3. The highest BCUT2D eigenvalue weighted by molar-refractivity contribution is 7.96. The Bertz CT molecular complexity index is 1840. The average molecular weight is 725 g/mol. The number of carbonyl (C=O) groups excluding carboxylic acids is 4. The number of aryl methyl sites for hydroxylation is 12. The molecule has 0 aliphatic carbocycles. The van der Waals surface area contributed by atoms with Crippen LogP contribution in [0.4, 0.5) is 0 Å². The molecule has 0 N–H and O–H groups in total. The van der Waals surface area contributed by atoms with E-state index in [1.54, 1.807) is 55.4 Å². The van der Waals surface area contributed by atoms with Crippen LogP contribution in [0.3, 0.4) is 0 Å². The molecule has 0 fully saturated rings. The molecule has 51 heavy (non-hydrogen) atoms. The summed E-state index contributed by atoms with van der Waals surface area (Å²) in [7, 11) is -8.89. The van der Waals surface area contributed by atoms with Crippen LogP contribution in [0.2, 0.25) is 0 Å². The van der Waals surface area contributed by atoms with E-state index in [0.29, 0.717) is 44.5 Å². The van der Waals surface area contributed by atoms with Gasteiger partial charge in [-0.1, -0.05) is 70.8 Å². The van der Waals surface area contributed by atoms with Crippen molar-refractivity contribution in [3.05, 3.63) is 138 Å². The summed E-state index contributed by atoms with van der Waals surface area (Å²) < 4.78 is 30.6. The number of hydrogen-bond donors (Lipinski definition) is 0. The maximum Gasteiger partial charge on any atom is 0.229 e. The number of benzene rings is 4. The fourth-order valence-corrected chi connectivity index (χ4v) is 13.4. The Labute approximate surface area is 303 Å². The molecular weight excluding hydrogens is 674 g/mol. The van der Waals surface area contributed by atoms with E-state index >= 15 is 9.13 Å². The third-order valence-electron chi connectivity index (χ3n) is 9.82. The normalized spacial score (nSPS) is 11.8. The van der Waals surface area contributed by atoms with Gasteiger partial charge in [-0.15, -0.1) is 0 Å². The molecule has 0 aliphatic heterocycles. The molecule has 0 saturated heterocycles. The predicted molar refractivity (Wildman–Crippen MR) is 209 cm³/mol.